The standard InChI is InChI=1S/C21H29FN4O2/c22-17-6-8-18(9-7-17)25-14-12-24(13-15-25)16-26-19(27)21(23-20(26)28)10-4-2-1-3-5-11-21/h6-9H,1-5,10-16H2,(H,23,28). The number of anilines is 1. The van der Waals surface area contributed by atoms with Crippen LogP contribution >= 0.6 is 0 Å². The number of imide groups is 1. The molecule has 0 bridgehead atoms. The van der Waals surface area contributed by atoms with Gasteiger partial charge in [0, 0.05) is 31.9 Å². The highest BCUT2D eigenvalue weighted by Crippen LogP contribution is 2.32. The monoisotopic (exact) mass is 388 g/mol. The highest BCUT2D eigenvalue weighted by atomic mass is 19.1. The fraction of sp³-hybridized carbons (Fsp3) is 0.619. The van der Waals surface area contributed by atoms with E-state index in [1.165, 1.54) is 23.5 Å². The second-order valence-electron chi connectivity index (χ2n) is 8.24. The van der Waals surface area contributed by atoms with Gasteiger partial charge in [-0.3, -0.25) is 9.69 Å². The molecule has 152 valence electrons. The Hall–Kier alpha value is -2.15. The van der Waals surface area contributed by atoms with E-state index in [0.717, 1.165) is 70.4 Å². The van der Waals surface area contributed by atoms with Crippen molar-refractivity contribution in [2.24, 2.45) is 0 Å². The smallest absolute Gasteiger partial charge is 0.326 e. The summed E-state index contributed by atoms with van der Waals surface area (Å²) in [5.74, 6) is -0.274. The van der Waals surface area contributed by atoms with Gasteiger partial charge in [-0.25, -0.2) is 14.1 Å². The van der Waals surface area contributed by atoms with Gasteiger partial charge >= 0.3 is 6.03 Å². The van der Waals surface area contributed by atoms with Crippen molar-refractivity contribution >= 4 is 17.6 Å². The van der Waals surface area contributed by atoms with Crippen molar-refractivity contribution < 1.29 is 14.0 Å². The van der Waals surface area contributed by atoms with Gasteiger partial charge in [-0.2, -0.15) is 0 Å². The van der Waals surface area contributed by atoms with E-state index in [2.05, 4.69) is 15.1 Å². The van der Waals surface area contributed by atoms with Crippen molar-refractivity contribution in [3.63, 3.8) is 0 Å². The summed E-state index contributed by atoms with van der Waals surface area (Å²) in [5, 5.41) is 3.03. The number of carbonyl (C=O) groups is 2. The van der Waals surface area contributed by atoms with Crippen LogP contribution in [-0.2, 0) is 4.79 Å². The van der Waals surface area contributed by atoms with E-state index < -0.39 is 5.54 Å². The van der Waals surface area contributed by atoms with Gasteiger partial charge in [0.15, 0.2) is 0 Å². The van der Waals surface area contributed by atoms with Crippen LogP contribution in [0.4, 0.5) is 14.9 Å². The average molecular weight is 388 g/mol. The van der Waals surface area contributed by atoms with Crippen molar-refractivity contribution in [1.82, 2.24) is 15.1 Å². The zero-order chi connectivity index (χ0) is 19.6. The number of amides is 3. The molecule has 7 heteroatoms. The Morgan fingerprint density at radius 3 is 2.14 bits per heavy atom. The summed E-state index contributed by atoms with van der Waals surface area (Å²) in [5.41, 5.74) is 0.331. The fourth-order valence-electron chi connectivity index (χ4n) is 4.65. The van der Waals surface area contributed by atoms with Gasteiger partial charge in [-0.1, -0.05) is 32.1 Å². The van der Waals surface area contributed by atoms with Crippen LogP contribution in [0, 0.1) is 5.82 Å². The molecule has 2 aliphatic heterocycles. The molecule has 3 fully saturated rings. The van der Waals surface area contributed by atoms with E-state index in [1.54, 1.807) is 12.1 Å². The molecule has 1 aromatic carbocycles. The molecule has 1 spiro atoms. The van der Waals surface area contributed by atoms with Crippen LogP contribution in [0.3, 0.4) is 0 Å². The van der Waals surface area contributed by atoms with Crippen molar-refractivity contribution in [1.29, 1.82) is 0 Å². The van der Waals surface area contributed by atoms with Crippen molar-refractivity contribution in [2.45, 2.75) is 50.5 Å². The maximum absolute atomic E-state index is 13.1. The van der Waals surface area contributed by atoms with Gasteiger partial charge in [0.2, 0.25) is 0 Å². The Morgan fingerprint density at radius 1 is 0.893 bits per heavy atom. The van der Waals surface area contributed by atoms with Crippen LogP contribution in [0.5, 0.6) is 0 Å². The predicted octanol–water partition coefficient (Wildman–Crippen LogP) is 2.94. The Labute approximate surface area is 165 Å². The minimum Gasteiger partial charge on any atom is -0.369 e. The molecule has 28 heavy (non-hydrogen) atoms. The van der Waals surface area contributed by atoms with Crippen molar-refractivity contribution in [3.8, 4) is 0 Å². The third-order valence-corrected chi connectivity index (χ3v) is 6.36. The fourth-order valence-corrected chi connectivity index (χ4v) is 4.65. The van der Waals surface area contributed by atoms with Gasteiger partial charge < -0.3 is 10.2 Å². The molecule has 0 radical (unpaired) electrons. The van der Waals surface area contributed by atoms with E-state index in [1.807, 2.05) is 0 Å². The van der Waals surface area contributed by atoms with Gasteiger partial charge in [-0.15, -0.1) is 0 Å². The highest BCUT2D eigenvalue weighted by molar-refractivity contribution is 6.07. The molecule has 3 aliphatic rings. The average Bonchev–Trinajstić information content (AvgIpc) is 2.91. The molecule has 1 aromatic rings. The predicted molar refractivity (Wildman–Crippen MR) is 105 cm³/mol. The Kier molecular flexibility index (Phi) is 5.53. The Bertz CT molecular complexity index is 708. The summed E-state index contributed by atoms with van der Waals surface area (Å²) in [4.78, 5) is 31.5. The Balaban J connectivity index is 1.35. The molecule has 0 atom stereocenters. The number of halogens is 1. The van der Waals surface area contributed by atoms with Crippen LogP contribution in [0.1, 0.15) is 44.9 Å². The second-order valence-corrected chi connectivity index (χ2v) is 8.24. The number of benzene rings is 1. The summed E-state index contributed by atoms with van der Waals surface area (Å²) in [6, 6.07) is 6.29. The molecule has 6 nitrogen and oxygen atoms in total. The van der Waals surface area contributed by atoms with E-state index >= 15 is 0 Å². The zero-order valence-corrected chi connectivity index (χ0v) is 16.3. The van der Waals surface area contributed by atoms with Gasteiger partial charge in [0.25, 0.3) is 5.91 Å². The first kappa shape index (κ1) is 19.2. The lowest BCUT2D eigenvalue weighted by Crippen LogP contribution is -2.52. The second kappa shape index (κ2) is 8.07. The normalized spacial score (nSPS) is 23.6. The zero-order valence-electron chi connectivity index (χ0n) is 16.3. The van der Waals surface area contributed by atoms with Gasteiger partial charge in [-0.05, 0) is 37.1 Å². The van der Waals surface area contributed by atoms with Gasteiger partial charge in [0.05, 0.1) is 6.67 Å². The van der Waals surface area contributed by atoms with Gasteiger partial charge in [0.1, 0.15) is 11.4 Å². The molecule has 0 aromatic heterocycles. The van der Waals surface area contributed by atoms with E-state index in [-0.39, 0.29) is 17.8 Å². The number of hydrogen-bond donors (Lipinski definition) is 1. The summed E-state index contributed by atoms with van der Waals surface area (Å²) >= 11 is 0. The molecule has 1 aliphatic carbocycles. The van der Waals surface area contributed by atoms with E-state index in [0.29, 0.717) is 6.67 Å². The number of urea groups is 1. The number of hydrogen-bond acceptors (Lipinski definition) is 4. The Morgan fingerprint density at radius 2 is 1.50 bits per heavy atom. The molecule has 1 saturated carbocycles. The summed E-state index contributed by atoms with van der Waals surface area (Å²) in [6.07, 6.45) is 7.00. The molecular formula is C21H29FN4O2. The minimum atomic E-state index is -0.673. The third kappa shape index (κ3) is 3.85. The first-order chi connectivity index (χ1) is 13.6. The van der Waals surface area contributed by atoms with Crippen molar-refractivity contribution in [2.75, 3.05) is 37.7 Å². The maximum atomic E-state index is 13.1. The molecule has 1 N–H and O–H groups in total. The quantitative estimate of drug-likeness (QED) is 0.809. The first-order valence-electron chi connectivity index (χ1n) is 10.4. The van der Waals surface area contributed by atoms with Crippen LogP contribution in [0.15, 0.2) is 24.3 Å². The van der Waals surface area contributed by atoms with E-state index in [9.17, 15) is 14.0 Å². The molecule has 3 amide bonds. The highest BCUT2D eigenvalue weighted by Gasteiger charge is 2.50. The number of nitrogens with one attached hydrogen (secondary N) is 1. The largest absolute Gasteiger partial charge is 0.369 e. The van der Waals surface area contributed by atoms with Crippen LogP contribution in [0.2, 0.25) is 0 Å². The number of carbonyl (C=O) groups excluding carboxylic acids is 2. The molecule has 2 heterocycles. The summed E-state index contributed by atoms with van der Waals surface area (Å²) < 4.78 is 13.1. The molecule has 2 saturated heterocycles. The number of piperazine rings is 1. The summed E-state index contributed by atoms with van der Waals surface area (Å²) in [6.45, 7) is 3.47. The lowest BCUT2D eigenvalue weighted by Gasteiger charge is -2.37. The summed E-state index contributed by atoms with van der Waals surface area (Å²) in [7, 11) is 0. The SMILES string of the molecule is O=C1NC2(CCCCCCC2)C(=O)N1CN1CCN(c2ccc(F)cc2)CC1. The maximum Gasteiger partial charge on any atom is 0.326 e. The molecular weight excluding hydrogens is 359 g/mol. The topological polar surface area (TPSA) is 55.9 Å². The lowest BCUT2D eigenvalue weighted by atomic mass is 9.84. The minimum absolute atomic E-state index is 0.0413. The van der Waals surface area contributed by atoms with Crippen LogP contribution in [-0.4, -0.2) is 60.1 Å². The first-order valence-corrected chi connectivity index (χ1v) is 10.4. The number of rotatable bonds is 3. The van der Waals surface area contributed by atoms with E-state index in [4.69, 9.17) is 0 Å². The number of nitrogens with zero attached hydrogens (tertiary/aromatic N) is 3. The van der Waals surface area contributed by atoms with Crippen LogP contribution in [0.25, 0.3) is 0 Å². The molecule has 0 unspecified atom stereocenters. The lowest BCUT2D eigenvalue weighted by molar-refractivity contribution is -0.133. The molecule has 4 rings (SSSR count). The van der Waals surface area contributed by atoms with Crippen LogP contribution < -0.4 is 10.2 Å². The van der Waals surface area contributed by atoms with Crippen molar-refractivity contribution in [3.05, 3.63) is 30.1 Å². The third-order valence-electron chi connectivity index (χ3n) is 6.36.